The van der Waals surface area contributed by atoms with Crippen LogP contribution in [-0.4, -0.2) is 38.7 Å². The van der Waals surface area contributed by atoms with Crippen LogP contribution >= 0.6 is 23.1 Å². The Labute approximate surface area is 109 Å². The van der Waals surface area contributed by atoms with Gasteiger partial charge in [-0.1, -0.05) is 16.1 Å². The second-order valence-electron chi connectivity index (χ2n) is 4.64. The van der Waals surface area contributed by atoms with E-state index in [-0.39, 0.29) is 0 Å². The van der Waals surface area contributed by atoms with Gasteiger partial charge in [0.25, 0.3) is 0 Å². The summed E-state index contributed by atoms with van der Waals surface area (Å²) in [7, 11) is 0. The van der Waals surface area contributed by atoms with E-state index in [1.807, 2.05) is 6.92 Å². The van der Waals surface area contributed by atoms with Gasteiger partial charge in [-0.15, -0.1) is 5.10 Å². The summed E-state index contributed by atoms with van der Waals surface area (Å²) < 4.78 is 4.40. The van der Waals surface area contributed by atoms with E-state index in [4.69, 9.17) is 16.7 Å². The first-order valence-electron chi connectivity index (χ1n) is 5.44. The molecule has 1 fully saturated rings. The number of carbonyl (C=O) groups is 1. The molecule has 1 aliphatic rings. The molecule has 1 aliphatic heterocycles. The number of piperidine rings is 1. The SMILES string of the molecule is CC1(C(=O)O)CCN(Cc2nnsc2Cl)CC1. The Balaban J connectivity index is 1.92. The minimum atomic E-state index is -0.703. The van der Waals surface area contributed by atoms with Gasteiger partial charge in [-0.3, -0.25) is 9.69 Å². The summed E-state index contributed by atoms with van der Waals surface area (Å²) in [5.74, 6) is -0.703. The van der Waals surface area contributed by atoms with Gasteiger partial charge in [-0.2, -0.15) is 0 Å². The van der Waals surface area contributed by atoms with Crippen molar-refractivity contribution in [2.45, 2.75) is 26.3 Å². The third-order valence-electron chi connectivity index (χ3n) is 3.36. The van der Waals surface area contributed by atoms with Crippen LogP contribution in [0.25, 0.3) is 0 Å². The Bertz CT molecular complexity index is 415. The summed E-state index contributed by atoms with van der Waals surface area (Å²) in [4.78, 5) is 13.3. The molecule has 0 aliphatic carbocycles. The second-order valence-corrected chi connectivity index (χ2v) is 5.99. The maximum absolute atomic E-state index is 11.1. The number of nitrogens with zero attached hydrogens (tertiary/aromatic N) is 3. The highest BCUT2D eigenvalue weighted by Gasteiger charge is 2.36. The Morgan fingerprint density at radius 1 is 1.59 bits per heavy atom. The summed E-state index contributed by atoms with van der Waals surface area (Å²) in [5, 5.41) is 13.1. The molecule has 1 aromatic rings. The molecule has 0 radical (unpaired) electrons. The maximum Gasteiger partial charge on any atom is 0.309 e. The molecule has 0 bridgehead atoms. The Morgan fingerprint density at radius 2 is 2.24 bits per heavy atom. The molecule has 17 heavy (non-hydrogen) atoms. The number of hydrogen-bond donors (Lipinski definition) is 1. The van der Waals surface area contributed by atoms with Crippen molar-refractivity contribution in [2.75, 3.05) is 13.1 Å². The van der Waals surface area contributed by atoms with Crippen molar-refractivity contribution in [2.24, 2.45) is 5.41 Å². The Morgan fingerprint density at radius 3 is 2.71 bits per heavy atom. The lowest BCUT2D eigenvalue weighted by Crippen LogP contribution is -2.42. The third kappa shape index (κ3) is 2.75. The van der Waals surface area contributed by atoms with Crippen LogP contribution in [0, 0.1) is 5.41 Å². The molecular formula is C10H14ClN3O2S. The topological polar surface area (TPSA) is 66.3 Å². The lowest BCUT2D eigenvalue weighted by molar-refractivity contribution is -0.150. The van der Waals surface area contributed by atoms with Gasteiger partial charge in [-0.25, -0.2) is 0 Å². The zero-order valence-electron chi connectivity index (χ0n) is 9.52. The molecule has 2 rings (SSSR count). The summed E-state index contributed by atoms with van der Waals surface area (Å²) in [6.07, 6.45) is 1.33. The molecule has 94 valence electrons. The van der Waals surface area contributed by atoms with Crippen LogP contribution in [0.4, 0.5) is 0 Å². The normalized spacial score (nSPS) is 20.4. The number of hydrogen-bond acceptors (Lipinski definition) is 5. The molecule has 0 atom stereocenters. The van der Waals surface area contributed by atoms with E-state index < -0.39 is 11.4 Å². The lowest BCUT2D eigenvalue weighted by Gasteiger charge is -2.36. The average molecular weight is 276 g/mol. The van der Waals surface area contributed by atoms with Crippen molar-refractivity contribution in [1.82, 2.24) is 14.5 Å². The number of rotatable bonds is 3. The number of aliphatic carboxylic acids is 1. The molecular weight excluding hydrogens is 262 g/mol. The zero-order chi connectivity index (χ0) is 12.5. The van der Waals surface area contributed by atoms with Gasteiger partial charge in [0, 0.05) is 18.1 Å². The zero-order valence-corrected chi connectivity index (χ0v) is 11.1. The molecule has 2 heterocycles. The summed E-state index contributed by atoms with van der Waals surface area (Å²) in [6, 6.07) is 0. The molecule has 5 nitrogen and oxygen atoms in total. The van der Waals surface area contributed by atoms with Crippen molar-refractivity contribution in [1.29, 1.82) is 0 Å². The van der Waals surface area contributed by atoms with E-state index in [2.05, 4.69) is 14.5 Å². The Hall–Kier alpha value is -0.720. The molecule has 1 saturated heterocycles. The van der Waals surface area contributed by atoms with Gasteiger partial charge in [0.2, 0.25) is 0 Å². The van der Waals surface area contributed by atoms with E-state index in [1.165, 1.54) is 11.5 Å². The number of carboxylic acid groups (broad SMARTS) is 1. The molecule has 1 aromatic heterocycles. The molecule has 0 amide bonds. The van der Waals surface area contributed by atoms with Crippen LogP contribution in [0.15, 0.2) is 0 Å². The number of aromatic nitrogens is 2. The van der Waals surface area contributed by atoms with E-state index in [9.17, 15) is 4.79 Å². The minimum Gasteiger partial charge on any atom is -0.481 e. The maximum atomic E-state index is 11.1. The number of carboxylic acids is 1. The molecule has 0 saturated carbocycles. The fourth-order valence-corrected chi connectivity index (χ4v) is 2.53. The molecule has 0 spiro atoms. The predicted octanol–water partition coefficient (Wildman–Crippen LogP) is 1.88. The molecule has 1 N–H and O–H groups in total. The largest absolute Gasteiger partial charge is 0.481 e. The van der Waals surface area contributed by atoms with Crippen LogP contribution in [0.5, 0.6) is 0 Å². The Kier molecular flexibility index (Phi) is 3.65. The van der Waals surface area contributed by atoms with Crippen LogP contribution in [0.2, 0.25) is 4.34 Å². The number of likely N-dealkylation sites (tertiary alicyclic amines) is 1. The van der Waals surface area contributed by atoms with Gasteiger partial charge < -0.3 is 5.11 Å². The van der Waals surface area contributed by atoms with Crippen LogP contribution in [0.3, 0.4) is 0 Å². The third-order valence-corrected chi connectivity index (χ3v) is 4.34. The fraction of sp³-hybridized carbons (Fsp3) is 0.700. The standard InChI is InChI=1S/C10H14ClN3O2S/c1-10(9(15)16)2-4-14(5-3-10)6-7-8(11)17-13-12-7/h2-6H2,1H3,(H,15,16). The first-order chi connectivity index (χ1) is 8.01. The van der Waals surface area contributed by atoms with E-state index in [1.54, 1.807) is 0 Å². The molecule has 0 unspecified atom stereocenters. The van der Waals surface area contributed by atoms with Crippen molar-refractivity contribution in [3.05, 3.63) is 10.0 Å². The van der Waals surface area contributed by atoms with Gasteiger partial charge in [0.05, 0.1) is 5.41 Å². The van der Waals surface area contributed by atoms with Crippen molar-refractivity contribution in [3.8, 4) is 0 Å². The fourth-order valence-electron chi connectivity index (χ4n) is 1.92. The monoisotopic (exact) mass is 275 g/mol. The quantitative estimate of drug-likeness (QED) is 0.912. The van der Waals surface area contributed by atoms with Crippen LogP contribution < -0.4 is 0 Å². The van der Waals surface area contributed by atoms with Gasteiger partial charge in [0.15, 0.2) is 0 Å². The number of halogens is 1. The predicted molar refractivity (Wildman–Crippen MR) is 65.2 cm³/mol. The second kappa shape index (κ2) is 4.88. The minimum absolute atomic E-state index is 0.583. The van der Waals surface area contributed by atoms with Crippen LogP contribution in [-0.2, 0) is 11.3 Å². The average Bonchev–Trinajstić information content (AvgIpc) is 2.68. The highest BCUT2D eigenvalue weighted by atomic mass is 35.5. The lowest BCUT2D eigenvalue weighted by atomic mass is 9.80. The smallest absolute Gasteiger partial charge is 0.309 e. The highest BCUT2D eigenvalue weighted by Crippen LogP contribution is 2.32. The first-order valence-corrected chi connectivity index (χ1v) is 6.59. The summed E-state index contributed by atoms with van der Waals surface area (Å²) in [5.41, 5.74) is 0.205. The van der Waals surface area contributed by atoms with E-state index >= 15 is 0 Å². The summed E-state index contributed by atoms with van der Waals surface area (Å²) in [6.45, 7) is 3.99. The van der Waals surface area contributed by atoms with Gasteiger partial charge in [0.1, 0.15) is 10.0 Å². The van der Waals surface area contributed by atoms with Gasteiger partial charge in [-0.05, 0) is 32.9 Å². The summed E-state index contributed by atoms with van der Waals surface area (Å²) >= 11 is 7.12. The molecule has 0 aromatic carbocycles. The van der Waals surface area contributed by atoms with Crippen molar-refractivity contribution in [3.63, 3.8) is 0 Å². The van der Waals surface area contributed by atoms with E-state index in [0.717, 1.165) is 18.8 Å². The van der Waals surface area contributed by atoms with Gasteiger partial charge >= 0.3 is 5.97 Å². The first kappa shape index (κ1) is 12.7. The van der Waals surface area contributed by atoms with E-state index in [0.29, 0.717) is 23.7 Å². The van der Waals surface area contributed by atoms with Crippen molar-refractivity contribution >= 4 is 29.1 Å². The van der Waals surface area contributed by atoms with Crippen molar-refractivity contribution < 1.29 is 9.90 Å². The highest BCUT2D eigenvalue weighted by molar-refractivity contribution is 7.10. The van der Waals surface area contributed by atoms with Crippen LogP contribution in [0.1, 0.15) is 25.5 Å². The molecule has 7 heteroatoms.